The van der Waals surface area contributed by atoms with Crippen molar-refractivity contribution in [1.29, 1.82) is 0 Å². The van der Waals surface area contributed by atoms with Crippen LogP contribution in [0.15, 0.2) is 23.8 Å². The quantitative estimate of drug-likeness (QED) is 0.557. The summed E-state index contributed by atoms with van der Waals surface area (Å²) in [7, 11) is 0. The Hall–Kier alpha value is 0.194. The van der Waals surface area contributed by atoms with E-state index in [2.05, 4.69) is 32.1 Å². The molecule has 0 nitrogen and oxygen atoms in total. The molecule has 0 aromatic carbocycles. The van der Waals surface area contributed by atoms with E-state index in [1.54, 1.807) is 0 Å². The summed E-state index contributed by atoms with van der Waals surface area (Å²) in [6.07, 6.45) is 8.90. The standard InChI is InChI=1S/C9H13.Ti/c1-3-8-6-5-7-9(8)4-2;/h5-7H,3-4H2,1-2H3;. The Morgan fingerprint density at radius 3 is 2.30 bits per heavy atom. The Labute approximate surface area is 78.3 Å². The SMILES string of the molecule is CC[C]1C=CC=C1CC.[Ti]. The third-order valence-corrected chi connectivity index (χ3v) is 1.77. The molecule has 1 radical (unpaired) electrons. The molecule has 0 aromatic rings. The van der Waals surface area contributed by atoms with Crippen molar-refractivity contribution in [3.63, 3.8) is 0 Å². The van der Waals surface area contributed by atoms with Gasteiger partial charge in [0.25, 0.3) is 0 Å². The minimum Gasteiger partial charge on any atom is -0.0731 e. The monoisotopic (exact) mass is 169 g/mol. The van der Waals surface area contributed by atoms with Gasteiger partial charge in [-0.25, -0.2) is 0 Å². The summed E-state index contributed by atoms with van der Waals surface area (Å²) in [6, 6.07) is 0. The molecule has 0 N–H and O–H groups in total. The van der Waals surface area contributed by atoms with Gasteiger partial charge in [0, 0.05) is 27.6 Å². The predicted molar refractivity (Wildman–Crippen MR) is 41.0 cm³/mol. The topological polar surface area (TPSA) is 0 Å². The van der Waals surface area contributed by atoms with Gasteiger partial charge in [-0.2, -0.15) is 0 Å². The molecule has 1 aliphatic rings. The van der Waals surface area contributed by atoms with E-state index in [0.717, 1.165) is 0 Å². The van der Waals surface area contributed by atoms with Crippen molar-refractivity contribution in [1.82, 2.24) is 0 Å². The largest absolute Gasteiger partial charge is 0.0731 e. The molecule has 0 amide bonds. The van der Waals surface area contributed by atoms with Gasteiger partial charge in [-0.15, -0.1) is 0 Å². The normalized spacial score (nSPS) is 16.8. The molecule has 0 atom stereocenters. The van der Waals surface area contributed by atoms with Crippen LogP contribution in [0.5, 0.6) is 0 Å². The van der Waals surface area contributed by atoms with E-state index in [9.17, 15) is 0 Å². The zero-order valence-electron chi connectivity index (χ0n) is 6.65. The van der Waals surface area contributed by atoms with E-state index in [4.69, 9.17) is 0 Å². The fraction of sp³-hybridized carbons (Fsp3) is 0.444. The van der Waals surface area contributed by atoms with E-state index in [1.807, 2.05) is 0 Å². The fourth-order valence-electron chi connectivity index (χ4n) is 1.18. The minimum atomic E-state index is 0. The van der Waals surface area contributed by atoms with E-state index in [1.165, 1.54) is 24.3 Å². The van der Waals surface area contributed by atoms with Crippen molar-refractivity contribution < 1.29 is 21.7 Å². The van der Waals surface area contributed by atoms with Gasteiger partial charge in [0.1, 0.15) is 0 Å². The average molecular weight is 169 g/mol. The van der Waals surface area contributed by atoms with Crippen LogP contribution in [-0.2, 0) is 21.7 Å². The maximum Gasteiger partial charge on any atom is 0.0223 e. The van der Waals surface area contributed by atoms with Gasteiger partial charge in [0.2, 0.25) is 0 Å². The van der Waals surface area contributed by atoms with Crippen LogP contribution >= 0.6 is 0 Å². The summed E-state index contributed by atoms with van der Waals surface area (Å²) in [4.78, 5) is 0. The first-order valence-electron chi connectivity index (χ1n) is 3.62. The van der Waals surface area contributed by atoms with Crippen molar-refractivity contribution in [2.45, 2.75) is 26.7 Å². The molecule has 10 heavy (non-hydrogen) atoms. The average Bonchev–Trinajstić information content (AvgIpc) is 2.33. The number of hydrogen-bond donors (Lipinski definition) is 0. The molecule has 1 aliphatic carbocycles. The Morgan fingerprint density at radius 1 is 1.20 bits per heavy atom. The molecular weight excluding hydrogens is 156 g/mol. The fourth-order valence-corrected chi connectivity index (χ4v) is 1.18. The molecule has 0 bridgehead atoms. The van der Waals surface area contributed by atoms with E-state index in [0.29, 0.717) is 0 Å². The molecule has 0 saturated carbocycles. The van der Waals surface area contributed by atoms with Gasteiger partial charge >= 0.3 is 0 Å². The van der Waals surface area contributed by atoms with Crippen LogP contribution in [0.25, 0.3) is 0 Å². The summed E-state index contributed by atoms with van der Waals surface area (Å²) < 4.78 is 0. The zero-order valence-corrected chi connectivity index (χ0v) is 8.21. The molecular formula is C9H13Ti. The van der Waals surface area contributed by atoms with Crippen molar-refractivity contribution in [3.8, 4) is 0 Å². The van der Waals surface area contributed by atoms with Crippen LogP contribution < -0.4 is 0 Å². The first-order chi connectivity index (χ1) is 4.38. The van der Waals surface area contributed by atoms with Crippen LogP contribution in [0.4, 0.5) is 0 Å². The Morgan fingerprint density at radius 2 is 1.90 bits per heavy atom. The molecule has 0 aliphatic heterocycles. The molecule has 53 valence electrons. The summed E-state index contributed by atoms with van der Waals surface area (Å²) in [5, 5.41) is 0. The van der Waals surface area contributed by atoms with E-state index in [-0.39, 0.29) is 21.7 Å². The second kappa shape index (κ2) is 4.93. The number of rotatable bonds is 2. The molecule has 0 spiro atoms. The first kappa shape index (κ1) is 10.2. The number of hydrogen-bond acceptors (Lipinski definition) is 0. The van der Waals surface area contributed by atoms with Gasteiger partial charge < -0.3 is 0 Å². The van der Waals surface area contributed by atoms with E-state index < -0.39 is 0 Å². The Balaban J connectivity index is 0.000000810. The van der Waals surface area contributed by atoms with Crippen LogP contribution in [0.1, 0.15) is 26.7 Å². The molecule has 0 saturated heterocycles. The van der Waals surface area contributed by atoms with Crippen LogP contribution in [-0.4, -0.2) is 0 Å². The van der Waals surface area contributed by atoms with Gasteiger partial charge in [0.15, 0.2) is 0 Å². The predicted octanol–water partition coefficient (Wildman–Crippen LogP) is 2.87. The summed E-state index contributed by atoms with van der Waals surface area (Å²) in [6.45, 7) is 4.41. The minimum absolute atomic E-state index is 0. The van der Waals surface area contributed by atoms with Gasteiger partial charge in [-0.3, -0.25) is 0 Å². The van der Waals surface area contributed by atoms with Crippen LogP contribution in [0, 0.1) is 5.92 Å². The molecule has 0 fully saturated rings. The molecule has 0 heterocycles. The van der Waals surface area contributed by atoms with Gasteiger partial charge in [-0.05, 0) is 12.8 Å². The molecule has 0 aromatic heterocycles. The van der Waals surface area contributed by atoms with E-state index >= 15 is 0 Å². The number of allylic oxidation sites excluding steroid dienone is 4. The van der Waals surface area contributed by atoms with Crippen LogP contribution in [0.2, 0.25) is 0 Å². The van der Waals surface area contributed by atoms with Crippen molar-refractivity contribution in [2.75, 3.05) is 0 Å². The molecule has 1 rings (SSSR count). The summed E-state index contributed by atoms with van der Waals surface area (Å²) in [5.74, 6) is 1.51. The van der Waals surface area contributed by atoms with Crippen LogP contribution in [0.3, 0.4) is 0 Å². The van der Waals surface area contributed by atoms with Crippen molar-refractivity contribution in [3.05, 3.63) is 29.7 Å². The van der Waals surface area contributed by atoms with Gasteiger partial charge in [0.05, 0.1) is 0 Å². The second-order valence-corrected chi connectivity index (χ2v) is 2.28. The Bertz CT molecular complexity index is 145. The first-order valence-corrected chi connectivity index (χ1v) is 3.62. The van der Waals surface area contributed by atoms with Gasteiger partial charge in [-0.1, -0.05) is 37.6 Å². The Kier molecular flexibility index (Phi) is 5.02. The molecule has 0 unspecified atom stereocenters. The zero-order chi connectivity index (χ0) is 6.69. The van der Waals surface area contributed by atoms with Crippen molar-refractivity contribution in [2.24, 2.45) is 0 Å². The maximum absolute atomic E-state index is 2.21. The van der Waals surface area contributed by atoms with Crippen molar-refractivity contribution >= 4 is 0 Å². The second-order valence-electron chi connectivity index (χ2n) is 2.28. The summed E-state index contributed by atoms with van der Waals surface area (Å²) in [5.41, 5.74) is 1.51. The smallest absolute Gasteiger partial charge is 0.0223 e. The third kappa shape index (κ3) is 2.11. The maximum atomic E-state index is 2.21. The summed E-state index contributed by atoms with van der Waals surface area (Å²) >= 11 is 0. The third-order valence-electron chi connectivity index (χ3n) is 1.77. The molecule has 1 heteroatoms.